The minimum Gasteiger partial charge on any atom is -0.486 e. The van der Waals surface area contributed by atoms with Gasteiger partial charge in [0.2, 0.25) is 0 Å². The Labute approximate surface area is 195 Å². The zero-order valence-corrected chi connectivity index (χ0v) is 18.5. The SMILES string of the molecule is CCC(Oc1cccc2ncnc(Nc3ccc(OCc4ccccn4)c(Cl)c3)c12)C(=O)O. The lowest BCUT2D eigenvalue weighted by atomic mass is 10.2. The van der Waals surface area contributed by atoms with E-state index >= 15 is 0 Å². The summed E-state index contributed by atoms with van der Waals surface area (Å²) in [6.07, 6.45) is 2.47. The standard InChI is InChI=1S/C24H21ClN4O4/c1-2-19(24(30)31)33-21-8-5-7-18-22(21)23(28-14-27-18)29-15-9-10-20(17(25)12-15)32-13-16-6-3-4-11-26-16/h3-12,14,19H,2,13H2,1H3,(H,30,31)(H,27,28,29). The van der Waals surface area contributed by atoms with Gasteiger partial charge in [0.25, 0.3) is 0 Å². The maximum Gasteiger partial charge on any atom is 0.344 e. The largest absolute Gasteiger partial charge is 0.486 e. The van der Waals surface area contributed by atoms with Crippen LogP contribution in [0.25, 0.3) is 10.9 Å². The summed E-state index contributed by atoms with van der Waals surface area (Å²) in [5, 5.41) is 13.6. The number of aliphatic carboxylic acids is 1. The highest BCUT2D eigenvalue weighted by atomic mass is 35.5. The molecule has 1 atom stereocenters. The van der Waals surface area contributed by atoms with Crippen LogP contribution in [0.4, 0.5) is 11.5 Å². The molecule has 0 saturated carbocycles. The number of hydrogen-bond acceptors (Lipinski definition) is 7. The summed E-state index contributed by atoms with van der Waals surface area (Å²) >= 11 is 6.43. The molecule has 2 aromatic heterocycles. The highest BCUT2D eigenvalue weighted by Gasteiger charge is 2.20. The maximum absolute atomic E-state index is 11.5. The number of carboxylic acid groups (broad SMARTS) is 1. The van der Waals surface area contributed by atoms with Gasteiger partial charge in [0, 0.05) is 11.9 Å². The van der Waals surface area contributed by atoms with Crippen LogP contribution in [-0.2, 0) is 11.4 Å². The summed E-state index contributed by atoms with van der Waals surface area (Å²) in [7, 11) is 0. The van der Waals surface area contributed by atoms with Crippen molar-refractivity contribution in [1.82, 2.24) is 15.0 Å². The van der Waals surface area contributed by atoms with Crippen molar-refractivity contribution in [2.45, 2.75) is 26.1 Å². The number of pyridine rings is 1. The van der Waals surface area contributed by atoms with Crippen LogP contribution < -0.4 is 14.8 Å². The summed E-state index contributed by atoms with van der Waals surface area (Å²) in [6.45, 7) is 2.05. The molecule has 0 aliphatic carbocycles. The minimum absolute atomic E-state index is 0.298. The van der Waals surface area contributed by atoms with Crippen molar-refractivity contribution in [2.24, 2.45) is 0 Å². The van der Waals surface area contributed by atoms with Gasteiger partial charge in [-0.2, -0.15) is 0 Å². The number of fused-ring (bicyclic) bond motifs is 1. The number of benzene rings is 2. The van der Waals surface area contributed by atoms with Crippen LogP contribution >= 0.6 is 11.6 Å². The van der Waals surface area contributed by atoms with Gasteiger partial charge in [-0.3, -0.25) is 4.98 Å². The Morgan fingerprint density at radius 1 is 1.09 bits per heavy atom. The lowest BCUT2D eigenvalue weighted by Crippen LogP contribution is -2.26. The van der Waals surface area contributed by atoms with Gasteiger partial charge >= 0.3 is 5.97 Å². The van der Waals surface area contributed by atoms with Crippen LogP contribution in [0.1, 0.15) is 19.0 Å². The molecule has 33 heavy (non-hydrogen) atoms. The number of anilines is 2. The predicted octanol–water partition coefficient (Wildman–Crippen LogP) is 5.24. The lowest BCUT2D eigenvalue weighted by Gasteiger charge is -2.17. The van der Waals surface area contributed by atoms with E-state index in [-0.39, 0.29) is 0 Å². The van der Waals surface area contributed by atoms with E-state index in [2.05, 4.69) is 20.3 Å². The number of aromatic nitrogens is 3. The number of nitrogens with one attached hydrogen (secondary N) is 1. The van der Waals surface area contributed by atoms with Gasteiger partial charge in [-0.15, -0.1) is 0 Å². The Kier molecular flexibility index (Phi) is 6.85. The number of ether oxygens (including phenoxy) is 2. The van der Waals surface area contributed by atoms with Crippen LogP contribution in [0.2, 0.25) is 5.02 Å². The van der Waals surface area contributed by atoms with Crippen LogP contribution in [0.5, 0.6) is 11.5 Å². The fraction of sp³-hybridized carbons (Fsp3) is 0.167. The molecule has 0 amide bonds. The summed E-state index contributed by atoms with van der Waals surface area (Å²) in [5.41, 5.74) is 2.08. The van der Waals surface area contributed by atoms with Gasteiger partial charge in [0.15, 0.2) is 6.10 Å². The van der Waals surface area contributed by atoms with Gasteiger partial charge < -0.3 is 19.9 Å². The molecule has 8 nitrogen and oxygen atoms in total. The van der Waals surface area contributed by atoms with Crippen molar-refractivity contribution in [3.8, 4) is 11.5 Å². The lowest BCUT2D eigenvalue weighted by molar-refractivity contribution is -0.145. The second-order valence-corrected chi connectivity index (χ2v) is 7.51. The van der Waals surface area contributed by atoms with Crippen LogP contribution in [-0.4, -0.2) is 32.1 Å². The Morgan fingerprint density at radius 2 is 1.97 bits per heavy atom. The maximum atomic E-state index is 11.5. The van der Waals surface area contributed by atoms with Gasteiger partial charge in [0.1, 0.15) is 30.3 Å². The molecule has 1 unspecified atom stereocenters. The molecule has 0 radical (unpaired) electrons. The van der Waals surface area contributed by atoms with Crippen LogP contribution in [0.3, 0.4) is 0 Å². The van der Waals surface area contributed by atoms with E-state index in [1.807, 2.05) is 24.3 Å². The molecule has 2 aromatic carbocycles. The fourth-order valence-electron chi connectivity index (χ4n) is 3.20. The van der Waals surface area contributed by atoms with Crippen molar-refractivity contribution in [1.29, 1.82) is 0 Å². The van der Waals surface area contributed by atoms with Crippen molar-refractivity contribution < 1.29 is 19.4 Å². The van der Waals surface area contributed by atoms with Crippen LogP contribution in [0.15, 0.2) is 67.1 Å². The average Bonchev–Trinajstić information content (AvgIpc) is 2.82. The molecule has 4 rings (SSSR count). The number of hydrogen-bond donors (Lipinski definition) is 2. The molecule has 2 N–H and O–H groups in total. The quantitative estimate of drug-likeness (QED) is 0.346. The molecule has 0 aliphatic rings. The van der Waals surface area contributed by atoms with E-state index in [1.54, 1.807) is 43.5 Å². The smallest absolute Gasteiger partial charge is 0.344 e. The first-order valence-electron chi connectivity index (χ1n) is 10.3. The topological polar surface area (TPSA) is 106 Å². The minimum atomic E-state index is -1.03. The van der Waals surface area contributed by atoms with Crippen molar-refractivity contribution in [2.75, 3.05) is 5.32 Å². The summed E-state index contributed by atoms with van der Waals surface area (Å²) in [4.78, 5) is 24.3. The Hall–Kier alpha value is -3.91. The summed E-state index contributed by atoms with van der Waals surface area (Å²) in [6, 6.07) is 16.2. The Morgan fingerprint density at radius 3 is 2.70 bits per heavy atom. The molecule has 2 heterocycles. The first-order valence-corrected chi connectivity index (χ1v) is 10.7. The molecule has 9 heteroatoms. The van der Waals surface area contributed by atoms with E-state index < -0.39 is 12.1 Å². The molecular weight excluding hydrogens is 444 g/mol. The number of nitrogens with zero attached hydrogens (tertiary/aromatic N) is 3. The Bertz CT molecular complexity index is 1260. The predicted molar refractivity (Wildman–Crippen MR) is 125 cm³/mol. The monoisotopic (exact) mass is 464 g/mol. The normalized spacial score (nSPS) is 11.7. The van der Waals surface area contributed by atoms with Gasteiger partial charge in [-0.1, -0.05) is 30.7 Å². The third-order valence-corrected chi connectivity index (χ3v) is 5.13. The number of rotatable bonds is 9. The van der Waals surface area contributed by atoms with Crippen molar-refractivity contribution >= 4 is 40.0 Å². The van der Waals surface area contributed by atoms with Crippen molar-refractivity contribution in [3.63, 3.8) is 0 Å². The third kappa shape index (κ3) is 5.30. The molecule has 4 aromatic rings. The first-order chi connectivity index (χ1) is 16.0. The molecule has 0 bridgehead atoms. The number of carboxylic acids is 1. The highest BCUT2D eigenvalue weighted by Crippen LogP contribution is 2.34. The second kappa shape index (κ2) is 10.1. The van der Waals surface area contributed by atoms with Crippen LogP contribution in [0, 0.1) is 0 Å². The van der Waals surface area contributed by atoms with E-state index in [4.69, 9.17) is 21.1 Å². The van der Waals surface area contributed by atoms with Gasteiger partial charge in [-0.05, 0) is 48.9 Å². The fourth-order valence-corrected chi connectivity index (χ4v) is 3.44. The first kappa shape index (κ1) is 22.3. The highest BCUT2D eigenvalue weighted by molar-refractivity contribution is 6.32. The summed E-state index contributed by atoms with van der Waals surface area (Å²) < 4.78 is 11.5. The zero-order valence-electron chi connectivity index (χ0n) is 17.7. The van der Waals surface area contributed by atoms with Crippen molar-refractivity contribution in [3.05, 3.63) is 77.8 Å². The number of halogens is 1. The molecule has 0 saturated heterocycles. The van der Waals surface area contributed by atoms with E-state index in [1.165, 1.54) is 6.33 Å². The molecule has 168 valence electrons. The second-order valence-electron chi connectivity index (χ2n) is 7.11. The average molecular weight is 465 g/mol. The van der Waals surface area contributed by atoms with E-state index in [9.17, 15) is 9.90 Å². The molecule has 0 aliphatic heterocycles. The molecular formula is C24H21ClN4O4. The van der Waals surface area contributed by atoms with Gasteiger partial charge in [-0.25, -0.2) is 14.8 Å². The number of carbonyl (C=O) groups is 1. The van der Waals surface area contributed by atoms with E-state index in [0.717, 1.165) is 5.69 Å². The third-order valence-electron chi connectivity index (χ3n) is 4.84. The molecule has 0 spiro atoms. The van der Waals surface area contributed by atoms with E-state index in [0.29, 0.717) is 52.0 Å². The molecule has 0 fully saturated rings. The summed E-state index contributed by atoms with van der Waals surface area (Å²) in [5.74, 6) is 0.339. The van der Waals surface area contributed by atoms with Gasteiger partial charge in [0.05, 0.1) is 21.6 Å². The zero-order chi connectivity index (χ0) is 23.2. The Balaban J connectivity index is 1.58.